The summed E-state index contributed by atoms with van der Waals surface area (Å²) in [6.45, 7) is 0. The Balaban J connectivity index is 2.34. The lowest BCUT2D eigenvalue weighted by Gasteiger charge is -2.07. The minimum atomic E-state index is -0.633. The quantitative estimate of drug-likeness (QED) is 0.845. The van der Waals surface area contributed by atoms with E-state index in [0.717, 1.165) is 6.07 Å². The van der Waals surface area contributed by atoms with E-state index in [1.54, 1.807) is 6.07 Å². The van der Waals surface area contributed by atoms with Crippen molar-refractivity contribution >= 4 is 17.3 Å². The van der Waals surface area contributed by atoms with E-state index in [4.69, 9.17) is 27.3 Å². The summed E-state index contributed by atoms with van der Waals surface area (Å²) in [6.07, 6.45) is 0. The van der Waals surface area contributed by atoms with Crippen molar-refractivity contribution in [1.29, 1.82) is 5.26 Å². The lowest BCUT2D eigenvalue weighted by molar-refractivity contribution is 0.458. The van der Waals surface area contributed by atoms with Gasteiger partial charge in [-0.2, -0.15) is 5.26 Å². The van der Waals surface area contributed by atoms with E-state index in [0.29, 0.717) is 0 Å². The molecule has 4 nitrogen and oxygen atoms in total. The summed E-state index contributed by atoms with van der Waals surface area (Å²) in [4.78, 5) is 3.88. The molecule has 0 amide bonds. The molecule has 0 aliphatic carbocycles. The van der Waals surface area contributed by atoms with Crippen molar-refractivity contribution in [3.05, 3.63) is 46.9 Å². The summed E-state index contributed by atoms with van der Waals surface area (Å²) >= 11 is 5.86. The zero-order valence-corrected chi connectivity index (χ0v) is 9.78. The summed E-state index contributed by atoms with van der Waals surface area (Å²) in [6, 6.07) is 8.85. The topological polar surface area (TPSA) is 71.9 Å². The Morgan fingerprint density at radius 1 is 1.39 bits per heavy atom. The number of ether oxygens (including phenoxy) is 1. The average Bonchev–Trinajstić information content (AvgIpc) is 2.36. The monoisotopic (exact) mass is 263 g/mol. The number of benzene rings is 1. The average molecular weight is 264 g/mol. The molecule has 2 rings (SSSR count). The van der Waals surface area contributed by atoms with Crippen molar-refractivity contribution < 1.29 is 9.13 Å². The second kappa shape index (κ2) is 4.90. The van der Waals surface area contributed by atoms with Gasteiger partial charge in [0.2, 0.25) is 5.88 Å². The number of anilines is 1. The van der Waals surface area contributed by atoms with Gasteiger partial charge in [-0.25, -0.2) is 9.37 Å². The normalized spacial score (nSPS) is 9.83. The molecule has 0 aliphatic heterocycles. The summed E-state index contributed by atoms with van der Waals surface area (Å²) in [5.74, 6) is -0.392. The highest BCUT2D eigenvalue weighted by Crippen LogP contribution is 2.31. The molecule has 1 aromatic heterocycles. The van der Waals surface area contributed by atoms with Gasteiger partial charge in [0.05, 0.1) is 10.7 Å². The first-order valence-electron chi connectivity index (χ1n) is 4.89. The molecule has 90 valence electrons. The predicted octanol–water partition coefficient (Wildman–Crippen LogP) is 3.12. The van der Waals surface area contributed by atoms with Crippen molar-refractivity contribution in [1.82, 2.24) is 4.98 Å². The SMILES string of the molecule is N#Cc1cccc(Oc2cc(F)c(N)cc2Cl)n1. The number of pyridine rings is 1. The standard InChI is InChI=1S/C12H7ClFN3O/c13-8-4-10(16)9(14)5-11(8)18-12-3-1-2-7(6-15)17-12/h1-5H,16H2. The lowest BCUT2D eigenvalue weighted by Crippen LogP contribution is -1.94. The van der Waals surface area contributed by atoms with Crippen LogP contribution in [0.1, 0.15) is 5.69 Å². The van der Waals surface area contributed by atoms with Gasteiger partial charge in [0, 0.05) is 12.1 Å². The first-order chi connectivity index (χ1) is 8.60. The second-order valence-electron chi connectivity index (χ2n) is 3.38. The smallest absolute Gasteiger partial charge is 0.220 e. The fourth-order valence-electron chi connectivity index (χ4n) is 1.27. The molecule has 18 heavy (non-hydrogen) atoms. The van der Waals surface area contributed by atoms with Crippen LogP contribution in [0.4, 0.5) is 10.1 Å². The van der Waals surface area contributed by atoms with Gasteiger partial charge in [0.1, 0.15) is 17.6 Å². The van der Waals surface area contributed by atoms with E-state index in [1.165, 1.54) is 18.2 Å². The summed E-state index contributed by atoms with van der Waals surface area (Å²) in [5, 5.41) is 8.86. The molecular weight excluding hydrogens is 257 g/mol. The Morgan fingerprint density at radius 3 is 2.89 bits per heavy atom. The minimum absolute atomic E-state index is 0.0638. The van der Waals surface area contributed by atoms with Gasteiger partial charge >= 0.3 is 0 Å². The molecule has 0 saturated carbocycles. The van der Waals surface area contributed by atoms with Crippen LogP contribution >= 0.6 is 11.6 Å². The molecule has 6 heteroatoms. The van der Waals surface area contributed by atoms with Gasteiger partial charge in [0.25, 0.3) is 0 Å². The van der Waals surface area contributed by atoms with Crippen LogP contribution in [0.5, 0.6) is 11.6 Å². The molecule has 0 bridgehead atoms. The van der Waals surface area contributed by atoms with Crippen LogP contribution in [0, 0.1) is 17.1 Å². The number of hydrogen-bond acceptors (Lipinski definition) is 4. The van der Waals surface area contributed by atoms with Crippen molar-refractivity contribution in [2.45, 2.75) is 0 Å². The highest BCUT2D eigenvalue weighted by molar-refractivity contribution is 6.32. The molecule has 1 heterocycles. The lowest BCUT2D eigenvalue weighted by atomic mass is 10.3. The number of nitrogens with two attached hydrogens (primary N) is 1. The third kappa shape index (κ3) is 2.50. The number of nitrogens with zero attached hydrogens (tertiary/aromatic N) is 2. The van der Waals surface area contributed by atoms with Crippen LogP contribution < -0.4 is 10.5 Å². The van der Waals surface area contributed by atoms with Gasteiger partial charge < -0.3 is 10.5 Å². The first-order valence-corrected chi connectivity index (χ1v) is 5.27. The number of rotatable bonds is 2. The van der Waals surface area contributed by atoms with Gasteiger partial charge in [0.15, 0.2) is 5.75 Å². The molecule has 2 aromatic rings. The number of hydrogen-bond donors (Lipinski definition) is 1. The maximum absolute atomic E-state index is 13.3. The fourth-order valence-corrected chi connectivity index (χ4v) is 1.48. The van der Waals surface area contributed by atoms with E-state index >= 15 is 0 Å². The number of nitriles is 1. The summed E-state index contributed by atoms with van der Waals surface area (Å²) < 4.78 is 18.6. The largest absolute Gasteiger partial charge is 0.437 e. The van der Waals surface area contributed by atoms with Crippen molar-refractivity contribution in [3.8, 4) is 17.7 Å². The predicted molar refractivity (Wildman–Crippen MR) is 64.8 cm³/mol. The van der Waals surface area contributed by atoms with E-state index in [1.807, 2.05) is 6.07 Å². The minimum Gasteiger partial charge on any atom is -0.437 e. The Kier molecular flexibility index (Phi) is 3.31. The van der Waals surface area contributed by atoms with Gasteiger partial charge in [-0.05, 0) is 12.1 Å². The van der Waals surface area contributed by atoms with Gasteiger partial charge in [-0.1, -0.05) is 17.7 Å². The highest BCUT2D eigenvalue weighted by atomic mass is 35.5. The van der Waals surface area contributed by atoms with Crippen LogP contribution in [0.2, 0.25) is 5.02 Å². The Bertz CT molecular complexity index is 640. The van der Waals surface area contributed by atoms with Gasteiger partial charge in [-0.3, -0.25) is 0 Å². The molecule has 0 aliphatic rings. The Labute approximate surface area is 107 Å². The van der Waals surface area contributed by atoms with E-state index in [-0.39, 0.29) is 28.0 Å². The van der Waals surface area contributed by atoms with Crippen molar-refractivity contribution in [2.24, 2.45) is 0 Å². The zero-order chi connectivity index (χ0) is 13.1. The molecule has 0 fully saturated rings. The van der Waals surface area contributed by atoms with Crippen LogP contribution in [0.3, 0.4) is 0 Å². The summed E-state index contributed by atoms with van der Waals surface area (Å²) in [7, 11) is 0. The summed E-state index contributed by atoms with van der Waals surface area (Å²) in [5.41, 5.74) is 5.49. The molecule has 0 spiro atoms. The Hall–Kier alpha value is -2.32. The van der Waals surface area contributed by atoms with Crippen LogP contribution in [-0.2, 0) is 0 Å². The van der Waals surface area contributed by atoms with Crippen LogP contribution in [0.25, 0.3) is 0 Å². The van der Waals surface area contributed by atoms with E-state index in [2.05, 4.69) is 4.98 Å². The van der Waals surface area contributed by atoms with Gasteiger partial charge in [-0.15, -0.1) is 0 Å². The fraction of sp³-hybridized carbons (Fsp3) is 0. The van der Waals surface area contributed by atoms with E-state index < -0.39 is 5.82 Å². The molecular formula is C12H7ClFN3O. The Morgan fingerprint density at radius 2 is 2.17 bits per heavy atom. The number of aromatic nitrogens is 1. The molecule has 0 unspecified atom stereocenters. The van der Waals surface area contributed by atoms with Crippen molar-refractivity contribution in [2.75, 3.05) is 5.73 Å². The zero-order valence-electron chi connectivity index (χ0n) is 9.02. The molecule has 0 saturated heterocycles. The van der Waals surface area contributed by atoms with Crippen molar-refractivity contribution in [3.63, 3.8) is 0 Å². The van der Waals surface area contributed by atoms with Crippen LogP contribution in [0.15, 0.2) is 30.3 Å². The second-order valence-corrected chi connectivity index (χ2v) is 3.79. The first kappa shape index (κ1) is 12.1. The third-order valence-electron chi connectivity index (χ3n) is 2.10. The maximum Gasteiger partial charge on any atom is 0.220 e. The molecule has 2 N–H and O–H groups in total. The molecule has 0 atom stereocenters. The third-order valence-corrected chi connectivity index (χ3v) is 2.40. The van der Waals surface area contributed by atoms with E-state index in [9.17, 15) is 4.39 Å². The highest BCUT2D eigenvalue weighted by Gasteiger charge is 2.09. The number of nitrogen functional groups attached to an aromatic ring is 1. The molecule has 1 aromatic carbocycles. The number of halogens is 2. The molecule has 0 radical (unpaired) electrons. The maximum atomic E-state index is 13.3. The van der Waals surface area contributed by atoms with Crippen LogP contribution in [-0.4, -0.2) is 4.98 Å².